The van der Waals surface area contributed by atoms with Crippen molar-refractivity contribution >= 4 is 11.8 Å². The minimum atomic E-state index is -0.718. The zero-order valence-electron chi connectivity index (χ0n) is 10.7. The molecule has 0 aliphatic rings. The molecule has 0 fully saturated rings. The van der Waals surface area contributed by atoms with Crippen LogP contribution in [0.1, 0.15) is 23.3 Å². The third kappa shape index (κ3) is 3.00. The molecule has 0 spiro atoms. The highest BCUT2D eigenvalue weighted by Crippen LogP contribution is 2.06. The fraction of sp³-hybridized carbons (Fsp3) is 0.154. The van der Waals surface area contributed by atoms with Crippen molar-refractivity contribution in [2.24, 2.45) is 0 Å². The van der Waals surface area contributed by atoms with Gasteiger partial charge in [-0.3, -0.25) is 25.1 Å². The second-order valence-electron chi connectivity index (χ2n) is 4.09. The van der Waals surface area contributed by atoms with E-state index in [2.05, 4.69) is 16.0 Å². The van der Waals surface area contributed by atoms with E-state index in [1.165, 1.54) is 28.9 Å². The maximum Gasteiger partial charge on any atom is 0.272 e. The second kappa shape index (κ2) is 5.96. The number of halogens is 1. The molecule has 0 saturated heterocycles. The summed E-state index contributed by atoms with van der Waals surface area (Å²) in [5.41, 5.74) is 4.25. The van der Waals surface area contributed by atoms with Gasteiger partial charge in [0.15, 0.2) is 0 Å². The SMILES string of the molecule is CC(C(=O)NNC(=O)c1ccccc1F)n1cccn1. The maximum atomic E-state index is 13.4. The molecule has 2 amide bonds. The van der Waals surface area contributed by atoms with Gasteiger partial charge < -0.3 is 0 Å². The number of nitrogens with one attached hydrogen (secondary N) is 2. The molecule has 0 aliphatic heterocycles. The molecule has 1 atom stereocenters. The van der Waals surface area contributed by atoms with Crippen molar-refractivity contribution in [3.63, 3.8) is 0 Å². The number of hydrogen-bond acceptors (Lipinski definition) is 3. The van der Waals surface area contributed by atoms with E-state index in [1.807, 2.05) is 0 Å². The monoisotopic (exact) mass is 276 g/mol. The Bertz CT molecular complexity index is 613. The van der Waals surface area contributed by atoms with Crippen molar-refractivity contribution in [3.05, 3.63) is 54.1 Å². The summed E-state index contributed by atoms with van der Waals surface area (Å²) in [7, 11) is 0. The molecular weight excluding hydrogens is 263 g/mol. The van der Waals surface area contributed by atoms with Crippen molar-refractivity contribution < 1.29 is 14.0 Å². The third-order valence-electron chi connectivity index (χ3n) is 2.72. The Morgan fingerprint density at radius 2 is 2.00 bits per heavy atom. The summed E-state index contributed by atoms with van der Waals surface area (Å²) in [6.45, 7) is 1.62. The summed E-state index contributed by atoms with van der Waals surface area (Å²) >= 11 is 0. The van der Waals surface area contributed by atoms with Gasteiger partial charge in [0.1, 0.15) is 11.9 Å². The van der Waals surface area contributed by atoms with Crippen LogP contribution in [0.2, 0.25) is 0 Å². The van der Waals surface area contributed by atoms with Gasteiger partial charge in [-0.05, 0) is 25.1 Å². The average molecular weight is 276 g/mol. The van der Waals surface area contributed by atoms with Crippen LogP contribution in [-0.4, -0.2) is 21.6 Å². The lowest BCUT2D eigenvalue weighted by Crippen LogP contribution is -2.44. The highest BCUT2D eigenvalue weighted by molar-refractivity contribution is 5.95. The summed E-state index contributed by atoms with van der Waals surface area (Å²) in [5.74, 6) is -1.83. The number of carbonyl (C=O) groups excluding carboxylic acids is 2. The molecule has 2 rings (SSSR count). The molecule has 0 aliphatic carbocycles. The van der Waals surface area contributed by atoms with E-state index in [0.29, 0.717) is 0 Å². The van der Waals surface area contributed by atoms with E-state index < -0.39 is 23.7 Å². The van der Waals surface area contributed by atoms with Crippen molar-refractivity contribution in [2.75, 3.05) is 0 Å². The molecule has 0 saturated carbocycles. The quantitative estimate of drug-likeness (QED) is 0.823. The standard InChI is InChI=1S/C13H13FN4O2/c1-9(18-8-4-7-15-18)12(19)16-17-13(20)10-5-2-3-6-11(10)14/h2-9H,1H3,(H,16,19)(H,17,20). The van der Waals surface area contributed by atoms with Crippen LogP contribution < -0.4 is 10.9 Å². The summed E-state index contributed by atoms with van der Waals surface area (Å²) in [5, 5.41) is 3.92. The van der Waals surface area contributed by atoms with Gasteiger partial charge in [0.2, 0.25) is 0 Å². The fourth-order valence-electron chi connectivity index (χ4n) is 1.57. The van der Waals surface area contributed by atoms with Crippen molar-refractivity contribution in [1.82, 2.24) is 20.6 Å². The second-order valence-corrected chi connectivity index (χ2v) is 4.09. The Kier molecular flexibility index (Phi) is 4.09. The van der Waals surface area contributed by atoms with Crippen LogP contribution >= 0.6 is 0 Å². The lowest BCUT2D eigenvalue weighted by molar-refractivity contribution is -0.124. The average Bonchev–Trinajstić information content (AvgIpc) is 2.98. The van der Waals surface area contributed by atoms with Gasteiger partial charge in [0.25, 0.3) is 11.8 Å². The highest BCUT2D eigenvalue weighted by atomic mass is 19.1. The van der Waals surface area contributed by atoms with Crippen LogP contribution in [0.3, 0.4) is 0 Å². The lowest BCUT2D eigenvalue weighted by atomic mass is 10.2. The van der Waals surface area contributed by atoms with Gasteiger partial charge >= 0.3 is 0 Å². The molecule has 2 N–H and O–H groups in total. The Balaban J connectivity index is 1.94. The van der Waals surface area contributed by atoms with Gasteiger partial charge in [-0.15, -0.1) is 0 Å². The molecule has 1 unspecified atom stereocenters. The number of hydrazine groups is 1. The molecule has 20 heavy (non-hydrogen) atoms. The molecule has 1 aromatic heterocycles. The number of amides is 2. The Morgan fingerprint density at radius 1 is 1.25 bits per heavy atom. The highest BCUT2D eigenvalue weighted by Gasteiger charge is 2.17. The zero-order valence-corrected chi connectivity index (χ0v) is 10.7. The van der Waals surface area contributed by atoms with Crippen LogP contribution in [0.4, 0.5) is 4.39 Å². The fourth-order valence-corrected chi connectivity index (χ4v) is 1.57. The first-order chi connectivity index (χ1) is 9.59. The van der Waals surface area contributed by atoms with Gasteiger partial charge in [-0.25, -0.2) is 4.39 Å². The van der Waals surface area contributed by atoms with E-state index in [1.54, 1.807) is 25.4 Å². The van der Waals surface area contributed by atoms with Crippen LogP contribution in [0.15, 0.2) is 42.7 Å². The maximum absolute atomic E-state index is 13.4. The smallest absolute Gasteiger partial charge is 0.271 e. The number of rotatable bonds is 3. The van der Waals surface area contributed by atoms with Gasteiger partial charge in [-0.1, -0.05) is 12.1 Å². The minimum absolute atomic E-state index is 0.139. The zero-order chi connectivity index (χ0) is 14.5. The van der Waals surface area contributed by atoms with Crippen LogP contribution in [-0.2, 0) is 4.79 Å². The number of aromatic nitrogens is 2. The third-order valence-corrected chi connectivity index (χ3v) is 2.72. The molecule has 6 nitrogen and oxygen atoms in total. The van der Waals surface area contributed by atoms with Crippen LogP contribution in [0, 0.1) is 5.82 Å². The molecule has 1 heterocycles. The molecule has 7 heteroatoms. The Hall–Kier alpha value is -2.70. The first kappa shape index (κ1) is 13.7. The minimum Gasteiger partial charge on any atom is -0.271 e. The van der Waals surface area contributed by atoms with Gasteiger partial charge in [0.05, 0.1) is 5.56 Å². The van der Waals surface area contributed by atoms with Crippen molar-refractivity contribution in [3.8, 4) is 0 Å². The largest absolute Gasteiger partial charge is 0.272 e. The molecular formula is C13H13FN4O2. The van der Waals surface area contributed by atoms with Gasteiger partial charge in [0, 0.05) is 12.4 Å². The van der Waals surface area contributed by atoms with Crippen LogP contribution in [0.25, 0.3) is 0 Å². The topological polar surface area (TPSA) is 76.0 Å². The predicted molar refractivity (Wildman–Crippen MR) is 68.9 cm³/mol. The number of hydrogen-bond donors (Lipinski definition) is 2. The molecule has 0 bridgehead atoms. The number of carbonyl (C=O) groups is 2. The number of benzene rings is 1. The Labute approximate surface area is 114 Å². The normalized spacial score (nSPS) is 11.7. The molecule has 1 aromatic carbocycles. The predicted octanol–water partition coefficient (Wildman–Crippen LogP) is 1.04. The molecule has 0 radical (unpaired) electrons. The van der Waals surface area contributed by atoms with E-state index in [9.17, 15) is 14.0 Å². The molecule has 2 aromatic rings. The van der Waals surface area contributed by atoms with E-state index in [4.69, 9.17) is 0 Å². The summed E-state index contributed by atoms with van der Waals surface area (Å²) in [6, 6.07) is 6.60. The lowest BCUT2D eigenvalue weighted by Gasteiger charge is -2.13. The first-order valence-corrected chi connectivity index (χ1v) is 5.93. The van der Waals surface area contributed by atoms with E-state index in [-0.39, 0.29) is 5.56 Å². The van der Waals surface area contributed by atoms with Gasteiger partial charge in [-0.2, -0.15) is 5.10 Å². The number of nitrogens with zero attached hydrogens (tertiary/aromatic N) is 2. The van der Waals surface area contributed by atoms with E-state index in [0.717, 1.165) is 0 Å². The molecule has 104 valence electrons. The summed E-state index contributed by atoms with van der Waals surface area (Å²) in [4.78, 5) is 23.5. The van der Waals surface area contributed by atoms with E-state index >= 15 is 0 Å². The summed E-state index contributed by atoms with van der Waals surface area (Å²) in [6.07, 6.45) is 3.17. The van der Waals surface area contributed by atoms with Crippen LogP contribution in [0.5, 0.6) is 0 Å². The van der Waals surface area contributed by atoms with Crippen molar-refractivity contribution in [2.45, 2.75) is 13.0 Å². The van der Waals surface area contributed by atoms with Crippen molar-refractivity contribution in [1.29, 1.82) is 0 Å². The Morgan fingerprint density at radius 3 is 2.65 bits per heavy atom. The summed E-state index contributed by atoms with van der Waals surface area (Å²) < 4.78 is 14.8. The first-order valence-electron chi connectivity index (χ1n) is 5.93.